The van der Waals surface area contributed by atoms with Crippen LogP contribution in [0.2, 0.25) is 0 Å². The van der Waals surface area contributed by atoms with Crippen LogP contribution in [-0.4, -0.2) is 47.4 Å². The van der Waals surface area contributed by atoms with Gasteiger partial charge < -0.3 is 4.52 Å². The van der Waals surface area contributed by atoms with Crippen LogP contribution in [-0.2, 0) is 21.1 Å². The Balaban J connectivity index is 1.94. The van der Waals surface area contributed by atoms with Gasteiger partial charge >= 0.3 is 0 Å². The van der Waals surface area contributed by atoms with E-state index in [0.717, 1.165) is 12.8 Å². The summed E-state index contributed by atoms with van der Waals surface area (Å²) in [5.74, 6) is 0.210. The van der Waals surface area contributed by atoms with Crippen LogP contribution in [0.4, 0.5) is 0 Å². The summed E-state index contributed by atoms with van der Waals surface area (Å²) in [6.07, 6.45) is 9.70. The molecule has 2 aliphatic rings. The number of rotatable bonds is 8. The smallest absolute Gasteiger partial charge is 0.204 e. The van der Waals surface area contributed by atoms with Crippen molar-refractivity contribution in [2.24, 2.45) is 0 Å². The fraction of sp³-hybridized carbons (Fsp3) is 0.941. The molecule has 23 heavy (non-hydrogen) atoms. The van der Waals surface area contributed by atoms with Crippen molar-refractivity contribution in [3.63, 3.8) is 0 Å². The maximum absolute atomic E-state index is 12.4. The second-order valence-corrected chi connectivity index (χ2v) is 11.0. The van der Waals surface area contributed by atoms with Crippen LogP contribution in [0.15, 0.2) is 0 Å². The Morgan fingerprint density at radius 1 is 1.17 bits per heavy atom. The molecule has 1 heterocycles. The highest BCUT2D eigenvalue weighted by molar-refractivity contribution is 8.10. The molecule has 0 aromatic rings. The van der Waals surface area contributed by atoms with Crippen LogP contribution in [0.3, 0.4) is 0 Å². The van der Waals surface area contributed by atoms with Crippen molar-refractivity contribution in [3.05, 3.63) is 0 Å². The minimum absolute atomic E-state index is 0.210. The van der Waals surface area contributed by atoms with Gasteiger partial charge in [-0.2, -0.15) is 0 Å². The maximum atomic E-state index is 12.4. The van der Waals surface area contributed by atoms with Crippen molar-refractivity contribution in [1.29, 1.82) is 0 Å². The molecule has 4 nitrogen and oxygen atoms in total. The summed E-state index contributed by atoms with van der Waals surface area (Å²) in [5.41, 5.74) is 0. The highest BCUT2D eigenvalue weighted by atomic mass is 32.5. The zero-order valence-corrected chi connectivity index (χ0v) is 16.9. The Bertz CT molecular complexity index is 438. The number of unbranched alkanes of at least 4 members (excludes halogenated alkanes) is 3. The van der Waals surface area contributed by atoms with Gasteiger partial charge in [0.25, 0.3) is 0 Å². The monoisotopic (exact) mass is 360 g/mol. The molecule has 0 spiro atoms. The number of ketones is 1. The third kappa shape index (κ3) is 4.24. The van der Waals surface area contributed by atoms with Gasteiger partial charge in [0.1, 0.15) is 6.10 Å². The van der Waals surface area contributed by atoms with Crippen molar-refractivity contribution in [1.82, 2.24) is 9.34 Å². The zero-order valence-electron chi connectivity index (χ0n) is 15.2. The molecular formula is C17H33N2O2PS. The van der Waals surface area contributed by atoms with Crippen molar-refractivity contribution in [3.8, 4) is 0 Å². The highest BCUT2D eigenvalue weighted by Crippen LogP contribution is 2.63. The molecule has 1 saturated carbocycles. The molecule has 0 unspecified atom stereocenters. The fourth-order valence-electron chi connectivity index (χ4n) is 3.90. The molecule has 0 N–H and O–H groups in total. The van der Waals surface area contributed by atoms with Gasteiger partial charge in [-0.15, -0.1) is 0 Å². The molecule has 2 rings (SSSR count). The molecule has 0 aromatic carbocycles. The molecule has 0 amide bonds. The number of carbonyl (C=O) groups excluding carboxylic acids is 1. The normalized spacial score (nSPS) is 29.4. The van der Waals surface area contributed by atoms with E-state index in [-0.39, 0.29) is 11.9 Å². The number of carbonyl (C=O) groups is 1. The van der Waals surface area contributed by atoms with Crippen molar-refractivity contribution < 1.29 is 9.32 Å². The van der Waals surface area contributed by atoms with Crippen LogP contribution in [0.5, 0.6) is 0 Å². The Kier molecular flexibility index (Phi) is 7.24. The van der Waals surface area contributed by atoms with E-state index in [1.54, 1.807) is 0 Å². The Morgan fingerprint density at radius 3 is 2.26 bits per heavy atom. The third-order valence-corrected chi connectivity index (χ3v) is 10.1. The molecule has 1 aliphatic carbocycles. The van der Waals surface area contributed by atoms with Crippen LogP contribution < -0.4 is 0 Å². The first-order valence-electron chi connectivity index (χ1n) is 9.19. The van der Waals surface area contributed by atoms with Gasteiger partial charge in [-0.3, -0.25) is 4.79 Å². The van der Waals surface area contributed by atoms with Crippen LogP contribution >= 0.6 is 6.57 Å². The quantitative estimate of drug-likeness (QED) is 0.475. The van der Waals surface area contributed by atoms with Crippen LogP contribution in [0.1, 0.15) is 71.6 Å². The molecule has 1 aliphatic heterocycles. The molecule has 0 radical (unpaired) electrons. The first-order chi connectivity index (χ1) is 10.9. The van der Waals surface area contributed by atoms with E-state index < -0.39 is 6.57 Å². The number of hydrogen-bond acceptors (Lipinski definition) is 3. The molecule has 3 atom stereocenters. The fourth-order valence-corrected chi connectivity index (χ4v) is 7.58. The summed E-state index contributed by atoms with van der Waals surface area (Å²) in [4.78, 5) is 12.4. The summed E-state index contributed by atoms with van der Waals surface area (Å²) in [5, 5.41) is 0. The van der Waals surface area contributed by atoms with Gasteiger partial charge in [0.2, 0.25) is 6.57 Å². The van der Waals surface area contributed by atoms with E-state index in [4.69, 9.17) is 16.3 Å². The molecular weight excluding hydrogens is 327 g/mol. The SMILES string of the molecule is CCCCCCC(=O)[C@@H](C)OP1(=S)N(C)[C@@H]2CCCC[C@H]2N1C. The van der Waals surface area contributed by atoms with Crippen molar-refractivity contribution in [2.45, 2.75) is 89.8 Å². The van der Waals surface area contributed by atoms with E-state index >= 15 is 0 Å². The van der Waals surface area contributed by atoms with Crippen molar-refractivity contribution >= 4 is 24.2 Å². The molecule has 134 valence electrons. The maximum Gasteiger partial charge on any atom is 0.204 e. The molecule has 0 aromatic heterocycles. The van der Waals surface area contributed by atoms with Crippen LogP contribution in [0, 0.1) is 0 Å². The van der Waals surface area contributed by atoms with E-state index in [1.165, 1.54) is 38.5 Å². The Labute approximate surface area is 147 Å². The van der Waals surface area contributed by atoms with Gasteiger partial charge in [-0.25, -0.2) is 9.34 Å². The lowest BCUT2D eigenvalue weighted by Crippen LogP contribution is -2.37. The van der Waals surface area contributed by atoms with Gasteiger partial charge in [0, 0.05) is 18.5 Å². The predicted octanol–water partition coefficient (Wildman–Crippen LogP) is 4.34. The number of Topliss-reactive ketones (excluding diaryl/α,β-unsaturated/α-hetero) is 1. The standard InChI is InChI=1S/C17H33N2O2PS/c1-5-6-7-8-13-17(20)14(2)21-22(23)18(3)15-11-9-10-12-16(15)19(22)4/h14-16H,5-13H2,1-4H3/t14-,15-,16-/m1/s1. The zero-order chi connectivity index (χ0) is 17.0. The number of hydrogen-bond donors (Lipinski definition) is 0. The number of nitrogens with zero attached hydrogens (tertiary/aromatic N) is 2. The highest BCUT2D eigenvalue weighted by Gasteiger charge is 2.50. The predicted molar refractivity (Wildman–Crippen MR) is 100 cm³/mol. The molecule has 6 heteroatoms. The second-order valence-electron chi connectivity index (χ2n) is 7.08. The first-order valence-corrected chi connectivity index (χ1v) is 11.8. The molecule has 0 bridgehead atoms. The van der Waals surface area contributed by atoms with E-state index in [2.05, 4.69) is 30.4 Å². The lowest BCUT2D eigenvalue weighted by molar-refractivity contribution is -0.125. The minimum Gasteiger partial charge on any atom is -0.316 e. The van der Waals surface area contributed by atoms with Gasteiger partial charge in [-0.05, 0) is 52.1 Å². The van der Waals surface area contributed by atoms with Crippen molar-refractivity contribution in [2.75, 3.05) is 14.1 Å². The van der Waals surface area contributed by atoms with Gasteiger partial charge in [0.05, 0.1) is 0 Å². The third-order valence-electron chi connectivity index (χ3n) is 5.48. The second kappa shape index (κ2) is 8.53. The van der Waals surface area contributed by atoms with Gasteiger partial charge in [0.15, 0.2) is 5.78 Å². The molecule has 1 saturated heterocycles. The first kappa shape index (κ1) is 19.5. The van der Waals surface area contributed by atoms with E-state index in [9.17, 15) is 4.79 Å². The summed E-state index contributed by atoms with van der Waals surface area (Å²) >= 11 is 5.96. The average molecular weight is 361 g/mol. The Morgan fingerprint density at radius 2 is 1.74 bits per heavy atom. The minimum atomic E-state index is -2.23. The summed E-state index contributed by atoms with van der Waals surface area (Å²) in [7, 11) is 4.21. The lowest BCUT2D eigenvalue weighted by atomic mass is 9.91. The largest absolute Gasteiger partial charge is 0.316 e. The lowest BCUT2D eigenvalue weighted by Gasteiger charge is -2.32. The van der Waals surface area contributed by atoms with E-state index in [0.29, 0.717) is 18.5 Å². The average Bonchev–Trinajstić information content (AvgIpc) is 2.74. The number of likely N-dealkylation sites (N-methyl/N-ethyl adjacent to an activating group) is 2. The van der Waals surface area contributed by atoms with E-state index in [1.807, 2.05) is 6.92 Å². The number of fused-ring (bicyclic) bond motifs is 1. The Hall–Kier alpha value is 0.200. The summed E-state index contributed by atoms with van der Waals surface area (Å²) in [6.45, 7) is 1.84. The van der Waals surface area contributed by atoms with Gasteiger partial charge in [-0.1, -0.05) is 39.0 Å². The summed E-state index contributed by atoms with van der Waals surface area (Å²) in [6, 6.07) is 1.01. The molecule has 2 fully saturated rings. The topological polar surface area (TPSA) is 32.8 Å². The summed E-state index contributed by atoms with van der Waals surface area (Å²) < 4.78 is 10.8. The van der Waals surface area contributed by atoms with Crippen LogP contribution in [0.25, 0.3) is 0 Å².